The van der Waals surface area contributed by atoms with E-state index >= 15 is 0 Å². The van der Waals surface area contributed by atoms with Crippen molar-refractivity contribution in [1.82, 2.24) is 5.32 Å². The first kappa shape index (κ1) is 9.85. The minimum absolute atomic E-state index is 0.482. The first-order valence-electron chi connectivity index (χ1n) is 5.67. The van der Waals surface area contributed by atoms with E-state index in [0.717, 1.165) is 11.0 Å². The predicted octanol–water partition coefficient (Wildman–Crippen LogP) is 2.98. The predicted molar refractivity (Wildman–Crippen MR) is 61.1 cm³/mol. The highest BCUT2D eigenvalue weighted by atomic mass is 19.1. The van der Waals surface area contributed by atoms with E-state index in [1.165, 1.54) is 0 Å². The molecule has 16 heavy (non-hydrogen) atoms. The SMILES string of the molecule is FC1(c2cc3ccccc3o2)CCNCC1. The summed E-state index contributed by atoms with van der Waals surface area (Å²) in [5.41, 5.74) is -0.516. The van der Waals surface area contributed by atoms with Crippen molar-refractivity contribution in [3.05, 3.63) is 36.1 Å². The van der Waals surface area contributed by atoms with Crippen LogP contribution in [0.5, 0.6) is 0 Å². The van der Waals surface area contributed by atoms with Crippen LogP contribution in [0.3, 0.4) is 0 Å². The molecule has 0 radical (unpaired) electrons. The molecule has 3 heteroatoms. The van der Waals surface area contributed by atoms with Gasteiger partial charge in [0.25, 0.3) is 0 Å². The lowest BCUT2D eigenvalue weighted by Crippen LogP contribution is -2.36. The van der Waals surface area contributed by atoms with Gasteiger partial charge in [-0.3, -0.25) is 0 Å². The Hall–Kier alpha value is -1.35. The van der Waals surface area contributed by atoms with Gasteiger partial charge in [0.05, 0.1) is 0 Å². The number of benzene rings is 1. The van der Waals surface area contributed by atoms with Gasteiger partial charge in [-0.15, -0.1) is 0 Å². The summed E-state index contributed by atoms with van der Waals surface area (Å²) in [5.74, 6) is 0.482. The number of rotatable bonds is 1. The summed E-state index contributed by atoms with van der Waals surface area (Å²) in [5, 5.41) is 4.14. The summed E-state index contributed by atoms with van der Waals surface area (Å²) in [6.45, 7) is 1.43. The molecule has 0 atom stereocenters. The second-order valence-corrected chi connectivity index (χ2v) is 4.36. The Morgan fingerprint density at radius 2 is 1.94 bits per heavy atom. The minimum Gasteiger partial charge on any atom is -0.458 e. The number of alkyl halides is 1. The van der Waals surface area contributed by atoms with E-state index in [-0.39, 0.29) is 0 Å². The number of hydrogen-bond acceptors (Lipinski definition) is 2. The molecule has 1 aliphatic rings. The number of nitrogens with one attached hydrogen (secondary N) is 1. The quantitative estimate of drug-likeness (QED) is 0.797. The van der Waals surface area contributed by atoms with Crippen LogP contribution in [-0.2, 0) is 5.67 Å². The summed E-state index contributed by atoms with van der Waals surface area (Å²) >= 11 is 0. The molecule has 0 unspecified atom stereocenters. The van der Waals surface area contributed by atoms with Crippen LogP contribution < -0.4 is 5.32 Å². The summed E-state index contributed by atoms with van der Waals surface area (Å²) in [4.78, 5) is 0. The normalized spacial score (nSPS) is 20.1. The van der Waals surface area contributed by atoms with Crippen molar-refractivity contribution in [3.8, 4) is 0 Å². The fourth-order valence-corrected chi connectivity index (χ4v) is 2.27. The van der Waals surface area contributed by atoms with E-state index in [1.54, 1.807) is 0 Å². The lowest BCUT2D eigenvalue weighted by Gasteiger charge is -2.27. The smallest absolute Gasteiger partial charge is 0.170 e. The van der Waals surface area contributed by atoms with Crippen LogP contribution in [0.25, 0.3) is 11.0 Å². The fourth-order valence-electron chi connectivity index (χ4n) is 2.27. The van der Waals surface area contributed by atoms with E-state index in [4.69, 9.17) is 4.42 Å². The Morgan fingerprint density at radius 1 is 1.19 bits per heavy atom. The molecule has 1 aliphatic heterocycles. The van der Waals surface area contributed by atoms with Crippen molar-refractivity contribution in [2.75, 3.05) is 13.1 Å². The van der Waals surface area contributed by atoms with Crippen molar-refractivity contribution in [2.24, 2.45) is 0 Å². The van der Waals surface area contributed by atoms with E-state index < -0.39 is 5.67 Å². The number of hydrogen-bond donors (Lipinski definition) is 1. The van der Waals surface area contributed by atoms with E-state index in [2.05, 4.69) is 5.32 Å². The van der Waals surface area contributed by atoms with Gasteiger partial charge in [-0.25, -0.2) is 4.39 Å². The average molecular weight is 219 g/mol. The third-order valence-electron chi connectivity index (χ3n) is 3.26. The number of para-hydroxylation sites is 1. The Balaban J connectivity index is 2.04. The van der Waals surface area contributed by atoms with Crippen molar-refractivity contribution in [1.29, 1.82) is 0 Å². The molecule has 2 nitrogen and oxygen atoms in total. The number of fused-ring (bicyclic) bond motifs is 1. The van der Waals surface area contributed by atoms with Gasteiger partial charge in [0.2, 0.25) is 0 Å². The monoisotopic (exact) mass is 219 g/mol. The zero-order valence-corrected chi connectivity index (χ0v) is 9.00. The molecule has 2 aromatic rings. The highest BCUT2D eigenvalue weighted by Gasteiger charge is 2.36. The van der Waals surface area contributed by atoms with Gasteiger partial charge in [-0.05, 0) is 25.2 Å². The molecular weight excluding hydrogens is 205 g/mol. The zero-order valence-electron chi connectivity index (χ0n) is 9.00. The van der Waals surface area contributed by atoms with Crippen molar-refractivity contribution in [3.63, 3.8) is 0 Å². The number of piperidine rings is 1. The van der Waals surface area contributed by atoms with E-state index in [9.17, 15) is 4.39 Å². The second-order valence-electron chi connectivity index (χ2n) is 4.36. The molecule has 0 amide bonds. The maximum absolute atomic E-state index is 14.6. The number of halogens is 1. The molecule has 2 heterocycles. The average Bonchev–Trinajstić information content (AvgIpc) is 2.74. The highest BCUT2D eigenvalue weighted by molar-refractivity contribution is 5.77. The second kappa shape index (κ2) is 3.59. The molecule has 1 fully saturated rings. The summed E-state index contributed by atoms with van der Waals surface area (Å²) in [7, 11) is 0. The van der Waals surface area contributed by atoms with E-state index in [1.807, 2.05) is 30.3 Å². The van der Waals surface area contributed by atoms with Gasteiger partial charge in [-0.2, -0.15) is 0 Å². The first-order valence-corrected chi connectivity index (χ1v) is 5.67. The van der Waals surface area contributed by atoms with Crippen LogP contribution in [0.2, 0.25) is 0 Å². The Bertz CT molecular complexity index is 466. The van der Waals surface area contributed by atoms with Gasteiger partial charge in [0.15, 0.2) is 5.67 Å². The van der Waals surface area contributed by atoms with Crippen LogP contribution >= 0.6 is 0 Å². The zero-order chi connectivity index (χ0) is 11.0. The maximum Gasteiger partial charge on any atom is 0.170 e. The van der Waals surface area contributed by atoms with Gasteiger partial charge in [0.1, 0.15) is 11.3 Å². The summed E-state index contributed by atoms with van der Waals surface area (Å²) in [6.07, 6.45) is 0.986. The van der Waals surface area contributed by atoms with Gasteiger partial charge in [0, 0.05) is 18.2 Å². The molecule has 0 aliphatic carbocycles. The minimum atomic E-state index is -1.29. The molecule has 84 valence electrons. The molecule has 1 N–H and O–H groups in total. The Morgan fingerprint density at radius 3 is 2.69 bits per heavy atom. The first-order chi connectivity index (χ1) is 7.78. The molecule has 3 rings (SSSR count). The van der Waals surface area contributed by atoms with Crippen molar-refractivity contribution in [2.45, 2.75) is 18.5 Å². The standard InChI is InChI=1S/C13H14FNO/c14-13(5-7-15-8-6-13)12-9-10-3-1-2-4-11(10)16-12/h1-4,9,15H,5-8H2. The van der Waals surface area contributed by atoms with Crippen LogP contribution in [0.1, 0.15) is 18.6 Å². The van der Waals surface area contributed by atoms with Gasteiger partial charge < -0.3 is 9.73 Å². The fraction of sp³-hybridized carbons (Fsp3) is 0.385. The van der Waals surface area contributed by atoms with Crippen molar-refractivity contribution < 1.29 is 8.81 Å². The largest absolute Gasteiger partial charge is 0.458 e. The highest BCUT2D eigenvalue weighted by Crippen LogP contribution is 2.37. The lowest BCUT2D eigenvalue weighted by molar-refractivity contribution is 0.0889. The van der Waals surface area contributed by atoms with E-state index in [0.29, 0.717) is 31.7 Å². The van der Waals surface area contributed by atoms with Crippen LogP contribution in [-0.4, -0.2) is 13.1 Å². The van der Waals surface area contributed by atoms with Crippen LogP contribution in [0.15, 0.2) is 34.7 Å². The van der Waals surface area contributed by atoms with Crippen LogP contribution in [0, 0.1) is 0 Å². The molecule has 0 saturated carbocycles. The maximum atomic E-state index is 14.6. The molecule has 1 aromatic carbocycles. The van der Waals surface area contributed by atoms with Gasteiger partial charge in [-0.1, -0.05) is 18.2 Å². The summed E-state index contributed by atoms with van der Waals surface area (Å²) < 4.78 is 20.2. The molecule has 1 saturated heterocycles. The topological polar surface area (TPSA) is 25.2 Å². The van der Waals surface area contributed by atoms with Crippen LogP contribution in [0.4, 0.5) is 4.39 Å². The summed E-state index contributed by atoms with van der Waals surface area (Å²) in [6, 6.07) is 9.51. The number of furan rings is 1. The molecule has 0 bridgehead atoms. The molecule has 0 spiro atoms. The van der Waals surface area contributed by atoms with Gasteiger partial charge >= 0.3 is 0 Å². The third kappa shape index (κ3) is 1.52. The molecule has 1 aromatic heterocycles. The lowest BCUT2D eigenvalue weighted by atomic mass is 9.92. The Labute approximate surface area is 93.4 Å². The molecular formula is C13H14FNO. The third-order valence-corrected chi connectivity index (χ3v) is 3.26. The van der Waals surface area contributed by atoms with Crippen molar-refractivity contribution >= 4 is 11.0 Å². The Kier molecular flexibility index (Phi) is 2.21.